The molecule has 0 aromatic heterocycles. The Morgan fingerprint density at radius 3 is 2.21 bits per heavy atom. The van der Waals surface area contributed by atoms with Crippen LogP contribution in [-0.4, -0.2) is 10.7 Å². The minimum absolute atomic E-state index is 0.541. The van der Waals surface area contributed by atoms with E-state index in [4.69, 9.17) is 0 Å². The van der Waals surface area contributed by atoms with Crippen molar-refractivity contribution < 1.29 is 5.11 Å². The van der Waals surface area contributed by atoms with Crippen LogP contribution in [0.4, 0.5) is 0 Å². The molecule has 0 amide bonds. The van der Waals surface area contributed by atoms with E-state index in [2.05, 4.69) is 6.92 Å². The molecule has 0 fully saturated rings. The van der Waals surface area contributed by atoms with E-state index in [1.54, 1.807) is 0 Å². The van der Waals surface area contributed by atoms with Gasteiger partial charge in [0, 0.05) is 0 Å². The zero-order valence-corrected chi connectivity index (χ0v) is 10.1. The fourth-order valence-electron chi connectivity index (χ4n) is 1.72. The molecular weight excluding hydrogens is 172 g/mol. The maximum absolute atomic E-state index is 10.1. The highest BCUT2D eigenvalue weighted by molar-refractivity contribution is 4.98. The number of hydrogen-bond acceptors (Lipinski definition) is 1. The van der Waals surface area contributed by atoms with Crippen LogP contribution in [0, 0.1) is 0 Å². The van der Waals surface area contributed by atoms with Crippen molar-refractivity contribution in [1.82, 2.24) is 0 Å². The second-order valence-corrected chi connectivity index (χ2v) is 4.12. The molecule has 0 heterocycles. The fraction of sp³-hybridized carbons (Fsp3) is 0.846. The zero-order valence-electron chi connectivity index (χ0n) is 10.1. The molecule has 0 saturated heterocycles. The summed E-state index contributed by atoms with van der Waals surface area (Å²) >= 11 is 0. The molecule has 0 spiro atoms. The predicted molar refractivity (Wildman–Crippen MR) is 63.4 cm³/mol. The van der Waals surface area contributed by atoms with Crippen LogP contribution in [0.15, 0.2) is 12.2 Å². The van der Waals surface area contributed by atoms with Crippen molar-refractivity contribution in [2.75, 3.05) is 0 Å². The Hall–Kier alpha value is -0.300. The monoisotopic (exact) mass is 198 g/mol. The molecule has 0 aliphatic carbocycles. The van der Waals surface area contributed by atoms with Gasteiger partial charge in [-0.2, -0.15) is 0 Å². The van der Waals surface area contributed by atoms with Gasteiger partial charge in [0.25, 0.3) is 0 Å². The summed E-state index contributed by atoms with van der Waals surface area (Å²) in [4.78, 5) is 0. The van der Waals surface area contributed by atoms with Crippen LogP contribution in [0.3, 0.4) is 0 Å². The molecule has 0 saturated carbocycles. The number of aliphatic hydroxyl groups is 1. The summed E-state index contributed by atoms with van der Waals surface area (Å²) in [7, 11) is 0. The van der Waals surface area contributed by atoms with E-state index in [-0.39, 0.29) is 0 Å². The Kier molecular flexibility index (Phi) is 7.87. The Bertz CT molecular complexity index is 151. The maximum Gasteiger partial charge on any atom is 0.0825 e. The first-order chi connectivity index (χ1) is 6.68. The quantitative estimate of drug-likeness (QED) is 0.460. The Morgan fingerprint density at radius 2 is 1.71 bits per heavy atom. The van der Waals surface area contributed by atoms with Gasteiger partial charge in [-0.3, -0.25) is 0 Å². The smallest absolute Gasteiger partial charge is 0.0825 e. The van der Waals surface area contributed by atoms with E-state index in [0.29, 0.717) is 0 Å². The van der Waals surface area contributed by atoms with Crippen LogP contribution in [0.1, 0.15) is 65.7 Å². The van der Waals surface area contributed by atoms with Crippen LogP contribution < -0.4 is 0 Å². The van der Waals surface area contributed by atoms with Crippen molar-refractivity contribution in [1.29, 1.82) is 0 Å². The summed E-state index contributed by atoms with van der Waals surface area (Å²) < 4.78 is 0. The highest BCUT2D eigenvalue weighted by atomic mass is 16.3. The standard InChI is InChI=1S/C13H26O/c1-4-7-8-9-10-12-13(14,6-3)11-5-2/h5,11,14H,4,6-10,12H2,1-3H3/b11-5+. The van der Waals surface area contributed by atoms with Gasteiger partial charge in [0.1, 0.15) is 0 Å². The zero-order chi connectivity index (χ0) is 10.9. The normalized spacial score (nSPS) is 16.0. The molecule has 1 N–H and O–H groups in total. The first-order valence-corrected chi connectivity index (χ1v) is 6.04. The Morgan fingerprint density at radius 1 is 1.07 bits per heavy atom. The van der Waals surface area contributed by atoms with Crippen molar-refractivity contribution >= 4 is 0 Å². The van der Waals surface area contributed by atoms with Crippen molar-refractivity contribution in [3.05, 3.63) is 12.2 Å². The van der Waals surface area contributed by atoms with Crippen LogP contribution in [-0.2, 0) is 0 Å². The first kappa shape index (κ1) is 13.7. The predicted octanol–water partition coefficient (Wildman–Crippen LogP) is 4.06. The van der Waals surface area contributed by atoms with E-state index in [1.807, 2.05) is 26.0 Å². The van der Waals surface area contributed by atoms with E-state index in [1.165, 1.54) is 25.7 Å². The SMILES string of the molecule is C/C=C/C(O)(CC)CCCCCCC. The van der Waals surface area contributed by atoms with Crippen molar-refractivity contribution in [2.45, 2.75) is 71.3 Å². The van der Waals surface area contributed by atoms with E-state index in [9.17, 15) is 5.11 Å². The van der Waals surface area contributed by atoms with Crippen LogP contribution >= 0.6 is 0 Å². The van der Waals surface area contributed by atoms with Crippen molar-refractivity contribution in [2.24, 2.45) is 0 Å². The average molecular weight is 198 g/mol. The summed E-state index contributed by atoms with van der Waals surface area (Å²) in [5.74, 6) is 0. The molecule has 1 heteroatoms. The second kappa shape index (κ2) is 8.05. The van der Waals surface area contributed by atoms with Crippen LogP contribution in [0.2, 0.25) is 0 Å². The second-order valence-electron chi connectivity index (χ2n) is 4.12. The fourth-order valence-corrected chi connectivity index (χ4v) is 1.72. The molecular formula is C13H26O. The molecule has 0 bridgehead atoms. The molecule has 0 rings (SSSR count). The van der Waals surface area contributed by atoms with Crippen LogP contribution in [0.5, 0.6) is 0 Å². The van der Waals surface area contributed by atoms with Gasteiger partial charge < -0.3 is 5.11 Å². The minimum Gasteiger partial charge on any atom is -0.386 e. The summed E-state index contributed by atoms with van der Waals surface area (Å²) in [6, 6.07) is 0. The lowest BCUT2D eigenvalue weighted by Crippen LogP contribution is -2.24. The van der Waals surface area contributed by atoms with E-state index >= 15 is 0 Å². The molecule has 0 aliphatic rings. The lowest BCUT2D eigenvalue weighted by atomic mass is 9.92. The number of unbranched alkanes of at least 4 members (excludes halogenated alkanes) is 4. The van der Waals surface area contributed by atoms with Gasteiger partial charge in [-0.25, -0.2) is 0 Å². The van der Waals surface area contributed by atoms with Gasteiger partial charge in [0.2, 0.25) is 0 Å². The summed E-state index contributed by atoms with van der Waals surface area (Å²) in [6.45, 7) is 6.24. The number of rotatable bonds is 8. The third kappa shape index (κ3) is 6.20. The van der Waals surface area contributed by atoms with Crippen molar-refractivity contribution in [3.8, 4) is 0 Å². The van der Waals surface area contributed by atoms with Gasteiger partial charge in [0.05, 0.1) is 5.60 Å². The molecule has 0 aromatic rings. The van der Waals surface area contributed by atoms with Crippen molar-refractivity contribution in [3.63, 3.8) is 0 Å². The highest BCUT2D eigenvalue weighted by Gasteiger charge is 2.19. The number of allylic oxidation sites excluding steroid dienone is 1. The summed E-state index contributed by atoms with van der Waals surface area (Å²) in [5.41, 5.74) is -0.541. The number of hydrogen-bond donors (Lipinski definition) is 1. The molecule has 1 atom stereocenters. The lowest BCUT2D eigenvalue weighted by Gasteiger charge is -2.22. The van der Waals surface area contributed by atoms with E-state index in [0.717, 1.165) is 19.3 Å². The summed E-state index contributed by atoms with van der Waals surface area (Å²) in [5, 5.41) is 10.1. The largest absolute Gasteiger partial charge is 0.386 e. The van der Waals surface area contributed by atoms with Gasteiger partial charge in [-0.05, 0) is 19.8 Å². The third-order valence-corrected chi connectivity index (χ3v) is 2.80. The van der Waals surface area contributed by atoms with Gasteiger partial charge in [-0.15, -0.1) is 0 Å². The van der Waals surface area contributed by atoms with E-state index < -0.39 is 5.60 Å². The highest BCUT2D eigenvalue weighted by Crippen LogP contribution is 2.20. The molecule has 0 radical (unpaired) electrons. The molecule has 1 nitrogen and oxygen atoms in total. The average Bonchev–Trinajstić information content (AvgIpc) is 2.18. The molecule has 84 valence electrons. The van der Waals surface area contributed by atoms with Gasteiger partial charge >= 0.3 is 0 Å². The maximum atomic E-state index is 10.1. The minimum atomic E-state index is -0.541. The first-order valence-electron chi connectivity index (χ1n) is 6.04. The third-order valence-electron chi connectivity index (χ3n) is 2.80. The van der Waals surface area contributed by atoms with Gasteiger partial charge in [0.15, 0.2) is 0 Å². The Labute approximate surface area is 89.2 Å². The molecule has 0 aliphatic heterocycles. The Balaban J connectivity index is 3.62. The molecule has 1 unspecified atom stereocenters. The van der Waals surface area contributed by atoms with Gasteiger partial charge in [-0.1, -0.05) is 58.1 Å². The summed E-state index contributed by atoms with van der Waals surface area (Å²) in [6.07, 6.45) is 12.0. The van der Waals surface area contributed by atoms with Crippen LogP contribution in [0.25, 0.3) is 0 Å². The topological polar surface area (TPSA) is 20.2 Å². The molecule has 14 heavy (non-hydrogen) atoms. The lowest BCUT2D eigenvalue weighted by molar-refractivity contribution is 0.0742. The molecule has 0 aromatic carbocycles.